The Morgan fingerprint density at radius 3 is 2.69 bits per heavy atom. The van der Waals surface area contributed by atoms with Crippen LogP contribution in [0.3, 0.4) is 0 Å². The summed E-state index contributed by atoms with van der Waals surface area (Å²) in [5, 5.41) is 1.80. The number of nitrogens with zero attached hydrogens (tertiary/aromatic N) is 2. The van der Waals surface area contributed by atoms with Crippen LogP contribution in [0.2, 0.25) is 0 Å². The summed E-state index contributed by atoms with van der Waals surface area (Å²) in [6.45, 7) is 0. The van der Waals surface area contributed by atoms with Crippen LogP contribution in [0, 0.1) is 0 Å². The summed E-state index contributed by atoms with van der Waals surface area (Å²) in [5.74, 6) is -0.760. The fourth-order valence-corrected chi connectivity index (χ4v) is 3.99. The number of imidazole rings is 1. The first-order valence-corrected chi connectivity index (χ1v) is 9.41. The van der Waals surface area contributed by atoms with Crippen molar-refractivity contribution < 1.29 is 26.4 Å². The van der Waals surface area contributed by atoms with Crippen LogP contribution < -0.4 is 10.3 Å². The third kappa shape index (κ3) is 3.86. The van der Waals surface area contributed by atoms with E-state index in [0.29, 0.717) is 16.7 Å². The van der Waals surface area contributed by atoms with Crippen LogP contribution in [0.1, 0.15) is 11.3 Å². The number of thiazole rings is 1. The molecule has 0 aliphatic carbocycles. The number of fused-ring (bicyclic) bond motifs is 1. The molecule has 2 heterocycles. The highest BCUT2D eigenvalue weighted by atomic mass is 32.2. The molecule has 2 N–H and O–H groups in total. The monoisotopic (exact) mass is 404 g/mol. The van der Waals surface area contributed by atoms with E-state index in [1.54, 1.807) is 27.0 Å². The molecule has 0 saturated heterocycles. The van der Waals surface area contributed by atoms with Crippen LogP contribution >= 0.6 is 11.3 Å². The smallest absolute Gasteiger partial charge is 0.297 e. The number of hydrogen-bond donors (Lipinski definition) is 2. The zero-order valence-corrected chi connectivity index (χ0v) is 14.5. The Kier molecular flexibility index (Phi) is 4.73. The van der Waals surface area contributed by atoms with Gasteiger partial charge in [-0.3, -0.25) is 14.6 Å². The Labute approximate surface area is 149 Å². The minimum Gasteiger partial charge on any atom is -0.297 e. The lowest BCUT2D eigenvalue weighted by Gasteiger charge is -2.13. The largest absolute Gasteiger partial charge is 0.417 e. The molecule has 12 heteroatoms. The van der Waals surface area contributed by atoms with Crippen molar-refractivity contribution in [1.29, 1.82) is 0 Å². The van der Waals surface area contributed by atoms with Crippen LogP contribution in [0.4, 0.5) is 13.2 Å². The van der Waals surface area contributed by atoms with Gasteiger partial charge in [0.15, 0.2) is 4.96 Å². The van der Waals surface area contributed by atoms with Gasteiger partial charge in [-0.25, -0.2) is 13.4 Å². The first-order valence-electron chi connectivity index (χ1n) is 7.05. The van der Waals surface area contributed by atoms with Crippen LogP contribution in [0.25, 0.3) is 4.96 Å². The summed E-state index contributed by atoms with van der Waals surface area (Å²) in [5.41, 5.74) is 0.965. The molecular formula is C14H11F3N4O3S2. The molecule has 3 rings (SSSR count). The van der Waals surface area contributed by atoms with Crippen LogP contribution in [-0.2, 0) is 27.4 Å². The van der Waals surface area contributed by atoms with Crippen molar-refractivity contribution in [1.82, 2.24) is 19.6 Å². The number of amides is 1. The molecule has 0 bridgehead atoms. The van der Waals surface area contributed by atoms with Crippen molar-refractivity contribution in [2.24, 2.45) is 0 Å². The molecule has 2 aromatic heterocycles. The van der Waals surface area contributed by atoms with Gasteiger partial charge in [-0.1, -0.05) is 12.1 Å². The molecule has 3 aromatic rings. The quantitative estimate of drug-likeness (QED) is 0.636. The van der Waals surface area contributed by atoms with Gasteiger partial charge in [0.05, 0.1) is 22.6 Å². The highest BCUT2D eigenvalue weighted by Crippen LogP contribution is 2.33. The first-order chi connectivity index (χ1) is 12.2. The van der Waals surface area contributed by atoms with Crippen LogP contribution in [0.5, 0.6) is 0 Å². The van der Waals surface area contributed by atoms with Crippen LogP contribution in [-0.4, -0.2) is 23.7 Å². The minimum absolute atomic E-state index is 0.238. The van der Waals surface area contributed by atoms with E-state index in [2.05, 4.69) is 4.98 Å². The van der Waals surface area contributed by atoms with Crippen molar-refractivity contribution in [2.45, 2.75) is 17.5 Å². The molecule has 0 fully saturated rings. The highest BCUT2D eigenvalue weighted by molar-refractivity contribution is 7.89. The number of halogens is 3. The molecule has 1 amide bonds. The van der Waals surface area contributed by atoms with E-state index in [9.17, 15) is 26.4 Å². The van der Waals surface area contributed by atoms with Gasteiger partial charge in [-0.05, 0) is 12.1 Å². The fourth-order valence-electron chi connectivity index (χ4n) is 2.18. The molecule has 26 heavy (non-hydrogen) atoms. The predicted octanol–water partition coefficient (Wildman–Crippen LogP) is 1.97. The molecule has 0 aliphatic heterocycles. The second kappa shape index (κ2) is 6.70. The third-order valence-corrected chi connectivity index (χ3v) is 5.37. The zero-order chi connectivity index (χ0) is 18.9. The third-order valence-electron chi connectivity index (χ3n) is 3.29. The molecule has 0 atom stereocenters. The highest BCUT2D eigenvalue weighted by Gasteiger charge is 2.36. The van der Waals surface area contributed by atoms with Crippen molar-refractivity contribution in [2.75, 3.05) is 0 Å². The molecule has 0 aliphatic rings. The normalized spacial score (nSPS) is 12.4. The second-order valence-electron chi connectivity index (χ2n) is 5.15. The van der Waals surface area contributed by atoms with E-state index < -0.39 is 32.6 Å². The van der Waals surface area contributed by atoms with Gasteiger partial charge in [-0.15, -0.1) is 16.2 Å². The summed E-state index contributed by atoms with van der Waals surface area (Å²) in [6.07, 6.45) is -1.75. The topological polar surface area (TPSA) is 92.6 Å². The first kappa shape index (κ1) is 18.4. The number of sulfonamides is 1. The lowest BCUT2D eigenvalue weighted by atomic mass is 10.2. The van der Waals surface area contributed by atoms with Gasteiger partial charge < -0.3 is 0 Å². The van der Waals surface area contributed by atoms with E-state index in [4.69, 9.17) is 0 Å². The number of nitrogens with one attached hydrogen (secondary N) is 2. The number of alkyl halides is 3. The average Bonchev–Trinajstić information content (AvgIpc) is 3.13. The number of benzene rings is 1. The van der Waals surface area contributed by atoms with E-state index in [1.807, 2.05) is 5.43 Å². The Hall–Kier alpha value is -2.44. The van der Waals surface area contributed by atoms with Crippen molar-refractivity contribution >= 4 is 32.2 Å². The number of carbonyl (C=O) groups excluding carboxylic acids is 1. The number of hydrogen-bond acceptors (Lipinski definition) is 5. The van der Waals surface area contributed by atoms with Crippen LogP contribution in [0.15, 0.2) is 46.9 Å². The van der Waals surface area contributed by atoms with Gasteiger partial charge >= 0.3 is 6.18 Å². The van der Waals surface area contributed by atoms with E-state index in [0.717, 1.165) is 18.2 Å². The van der Waals surface area contributed by atoms with Crippen molar-refractivity contribution in [3.8, 4) is 0 Å². The average molecular weight is 404 g/mol. The maximum atomic E-state index is 12.9. The van der Waals surface area contributed by atoms with Gasteiger partial charge in [0.1, 0.15) is 0 Å². The maximum Gasteiger partial charge on any atom is 0.417 e. The molecule has 138 valence electrons. The van der Waals surface area contributed by atoms with E-state index >= 15 is 0 Å². The second-order valence-corrected chi connectivity index (χ2v) is 7.67. The lowest BCUT2D eigenvalue weighted by Crippen LogP contribution is -2.42. The molecular weight excluding hydrogens is 393 g/mol. The molecule has 1 aromatic carbocycles. The number of carbonyl (C=O) groups is 1. The standard InChI is InChI=1S/C14H11F3N4O3S2/c15-14(16,17)10-3-1-2-4-11(10)26(23,24)20-19-12(22)7-9-8-21-5-6-25-13(21)18-9/h1-6,8,20H,7H2,(H,19,22). The molecule has 0 radical (unpaired) electrons. The van der Waals surface area contributed by atoms with Gasteiger partial charge in [0.2, 0.25) is 5.91 Å². The fraction of sp³-hybridized carbons (Fsp3) is 0.143. The Balaban J connectivity index is 1.70. The predicted molar refractivity (Wildman–Crippen MR) is 86.7 cm³/mol. The molecule has 0 spiro atoms. The Morgan fingerprint density at radius 2 is 2.00 bits per heavy atom. The van der Waals surface area contributed by atoms with Gasteiger partial charge in [0, 0.05) is 17.8 Å². The maximum absolute atomic E-state index is 12.9. The SMILES string of the molecule is O=C(Cc1cn2ccsc2n1)NNS(=O)(=O)c1ccccc1C(F)(F)F. The Bertz CT molecular complexity index is 1030. The van der Waals surface area contributed by atoms with Crippen molar-refractivity contribution in [3.63, 3.8) is 0 Å². The summed E-state index contributed by atoms with van der Waals surface area (Å²) < 4.78 is 64.8. The summed E-state index contributed by atoms with van der Waals surface area (Å²) >= 11 is 1.36. The minimum atomic E-state index is -4.85. The summed E-state index contributed by atoms with van der Waals surface area (Å²) in [6, 6.07) is 3.68. The lowest BCUT2D eigenvalue weighted by molar-refractivity contribution is -0.139. The molecule has 7 nitrogen and oxygen atoms in total. The molecule has 0 unspecified atom stereocenters. The van der Waals surface area contributed by atoms with Gasteiger partial charge in [-0.2, -0.15) is 13.2 Å². The summed E-state index contributed by atoms with van der Waals surface area (Å²) in [4.78, 5) is 17.4. The number of hydrazine groups is 1. The number of aromatic nitrogens is 2. The summed E-state index contributed by atoms with van der Waals surface area (Å²) in [7, 11) is -4.60. The molecule has 0 saturated carbocycles. The van der Waals surface area contributed by atoms with Crippen molar-refractivity contribution in [3.05, 3.63) is 53.3 Å². The van der Waals surface area contributed by atoms with E-state index in [-0.39, 0.29) is 6.42 Å². The Morgan fingerprint density at radius 1 is 1.27 bits per heavy atom. The zero-order valence-electron chi connectivity index (χ0n) is 12.8. The number of rotatable bonds is 5. The van der Waals surface area contributed by atoms with Gasteiger partial charge in [0.25, 0.3) is 10.0 Å². The van der Waals surface area contributed by atoms with E-state index in [1.165, 1.54) is 11.3 Å².